The molecule has 0 aliphatic carbocycles. The van der Waals surface area contributed by atoms with E-state index in [9.17, 15) is 19.2 Å². The van der Waals surface area contributed by atoms with Crippen molar-refractivity contribution in [3.8, 4) is 0 Å². The van der Waals surface area contributed by atoms with Crippen LogP contribution in [-0.4, -0.2) is 29.1 Å². The van der Waals surface area contributed by atoms with E-state index in [0.29, 0.717) is 5.06 Å². The van der Waals surface area contributed by atoms with Crippen molar-refractivity contribution < 1.29 is 24.0 Å². The Bertz CT molecular complexity index is 409. The summed E-state index contributed by atoms with van der Waals surface area (Å²) in [4.78, 5) is 50.5. The maximum absolute atomic E-state index is 12.0. The second kappa shape index (κ2) is 5.11. The van der Waals surface area contributed by atoms with Crippen LogP contribution >= 0.6 is 0 Å². The van der Waals surface area contributed by atoms with Crippen molar-refractivity contribution in [2.24, 2.45) is 10.8 Å². The van der Waals surface area contributed by atoms with Crippen LogP contribution in [0.4, 0.5) is 0 Å². The van der Waals surface area contributed by atoms with Gasteiger partial charge in [-0.3, -0.25) is 9.59 Å². The van der Waals surface area contributed by atoms with E-state index >= 15 is 0 Å². The fraction of sp³-hybridized carbons (Fsp3) is 0.692. The smallest absolute Gasteiger partial charge is 0.330 e. The van der Waals surface area contributed by atoms with Crippen LogP contribution in [0.1, 0.15) is 47.0 Å². The summed E-state index contributed by atoms with van der Waals surface area (Å²) < 4.78 is 0. The molecule has 0 atom stereocenters. The molecule has 0 N–H and O–H groups in total. The topological polar surface area (TPSA) is 80.8 Å². The van der Waals surface area contributed by atoms with Gasteiger partial charge in [-0.25, -0.2) is 4.79 Å². The summed E-state index contributed by atoms with van der Waals surface area (Å²) in [6, 6.07) is 0. The predicted molar refractivity (Wildman–Crippen MR) is 65.4 cm³/mol. The van der Waals surface area contributed by atoms with Gasteiger partial charge in [-0.1, -0.05) is 13.8 Å². The number of carbonyl (C=O) groups excluding carboxylic acids is 4. The molecule has 0 radical (unpaired) electrons. The van der Waals surface area contributed by atoms with Crippen molar-refractivity contribution in [2.45, 2.75) is 47.0 Å². The molecule has 0 saturated carbocycles. The molecular weight excluding hydrogens is 250 g/mol. The van der Waals surface area contributed by atoms with Crippen molar-refractivity contribution in [3.63, 3.8) is 0 Å². The van der Waals surface area contributed by atoms with Crippen LogP contribution in [0.3, 0.4) is 0 Å². The van der Waals surface area contributed by atoms with E-state index in [1.807, 2.05) is 0 Å². The molecule has 106 valence electrons. The zero-order valence-electron chi connectivity index (χ0n) is 11.7. The molecule has 1 rings (SSSR count). The number of amides is 2. The lowest BCUT2D eigenvalue weighted by molar-refractivity contribution is -0.205. The number of aldehydes is 1. The fourth-order valence-corrected chi connectivity index (χ4v) is 2.12. The van der Waals surface area contributed by atoms with Gasteiger partial charge in [0.25, 0.3) is 11.8 Å². The SMILES string of the molecule is CC(C)(C=O)CC(C)(C)C(=O)ON1C(=O)CCC1=O. The number of imide groups is 1. The molecule has 6 nitrogen and oxygen atoms in total. The molecule has 0 spiro atoms. The first-order valence-corrected chi connectivity index (χ1v) is 6.13. The predicted octanol–water partition coefficient (Wildman–Crippen LogP) is 1.23. The van der Waals surface area contributed by atoms with Gasteiger partial charge in [-0.15, -0.1) is 5.06 Å². The highest BCUT2D eigenvalue weighted by Gasteiger charge is 2.40. The minimum absolute atomic E-state index is 0.0619. The molecule has 0 aromatic heterocycles. The number of hydrogen-bond acceptors (Lipinski definition) is 5. The van der Waals surface area contributed by atoms with Gasteiger partial charge in [-0.05, 0) is 20.3 Å². The molecule has 6 heteroatoms. The van der Waals surface area contributed by atoms with E-state index in [2.05, 4.69) is 0 Å². The first-order chi connectivity index (χ1) is 8.59. The molecule has 0 aromatic rings. The third-order valence-electron chi connectivity index (χ3n) is 2.95. The standard InChI is InChI=1S/C13H19NO5/c1-12(2,8-15)7-13(3,4)11(18)19-14-9(16)5-6-10(14)17/h8H,5-7H2,1-4H3. The van der Waals surface area contributed by atoms with Crippen molar-refractivity contribution in [3.05, 3.63) is 0 Å². The Morgan fingerprint density at radius 3 is 2.11 bits per heavy atom. The largest absolute Gasteiger partial charge is 0.338 e. The van der Waals surface area contributed by atoms with Crippen LogP contribution in [0, 0.1) is 10.8 Å². The van der Waals surface area contributed by atoms with Gasteiger partial charge in [0.1, 0.15) is 6.29 Å². The van der Waals surface area contributed by atoms with Crippen LogP contribution in [0.5, 0.6) is 0 Å². The average molecular weight is 269 g/mol. The lowest BCUT2D eigenvalue weighted by atomic mass is 9.76. The van der Waals surface area contributed by atoms with Crippen LogP contribution < -0.4 is 0 Å². The van der Waals surface area contributed by atoms with Crippen LogP contribution in [0.15, 0.2) is 0 Å². The summed E-state index contributed by atoms with van der Waals surface area (Å²) in [5, 5.41) is 0.526. The van der Waals surface area contributed by atoms with Gasteiger partial charge in [0, 0.05) is 18.3 Å². The number of hydrogen-bond donors (Lipinski definition) is 0. The number of carbonyl (C=O) groups is 4. The molecular formula is C13H19NO5. The Balaban J connectivity index is 2.74. The number of hydroxylamine groups is 2. The second-order valence-corrected chi connectivity index (χ2v) is 6.13. The highest BCUT2D eigenvalue weighted by atomic mass is 16.7. The third-order valence-corrected chi connectivity index (χ3v) is 2.95. The maximum Gasteiger partial charge on any atom is 0.338 e. The Morgan fingerprint density at radius 1 is 1.21 bits per heavy atom. The minimum atomic E-state index is -0.965. The van der Waals surface area contributed by atoms with Gasteiger partial charge in [-0.2, -0.15) is 0 Å². The van der Waals surface area contributed by atoms with E-state index in [4.69, 9.17) is 4.84 Å². The van der Waals surface area contributed by atoms with Crippen LogP contribution in [-0.2, 0) is 24.0 Å². The quantitative estimate of drug-likeness (QED) is 0.554. The molecule has 2 amide bonds. The summed E-state index contributed by atoms with van der Waals surface area (Å²) in [5.41, 5.74) is -1.64. The van der Waals surface area contributed by atoms with Crippen LogP contribution in [0.25, 0.3) is 0 Å². The molecule has 1 heterocycles. The Morgan fingerprint density at radius 2 is 1.68 bits per heavy atom. The summed E-state index contributed by atoms with van der Waals surface area (Å²) in [7, 11) is 0. The number of rotatable bonds is 5. The van der Waals surface area contributed by atoms with E-state index in [1.165, 1.54) is 0 Å². The first-order valence-electron chi connectivity index (χ1n) is 6.13. The van der Waals surface area contributed by atoms with Gasteiger partial charge < -0.3 is 9.63 Å². The molecule has 0 unspecified atom stereocenters. The zero-order chi connectivity index (χ0) is 14.8. The maximum atomic E-state index is 12.0. The van der Waals surface area contributed by atoms with Gasteiger partial charge in [0.05, 0.1) is 5.41 Å². The summed E-state index contributed by atoms with van der Waals surface area (Å²) in [6.45, 7) is 6.65. The lowest BCUT2D eigenvalue weighted by Crippen LogP contribution is -2.39. The van der Waals surface area contributed by atoms with Crippen molar-refractivity contribution in [2.75, 3.05) is 0 Å². The highest BCUT2D eigenvalue weighted by Crippen LogP contribution is 2.33. The van der Waals surface area contributed by atoms with E-state index < -0.39 is 28.6 Å². The molecule has 1 fully saturated rings. The molecule has 1 aliphatic heterocycles. The number of nitrogens with zero attached hydrogens (tertiary/aromatic N) is 1. The lowest BCUT2D eigenvalue weighted by Gasteiger charge is -2.29. The van der Waals surface area contributed by atoms with Crippen molar-refractivity contribution in [1.29, 1.82) is 0 Å². The molecule has 0 aromatic carbocycles. The highest BCUT2D eigenvalue weighted by molar-refractivity contribution is 6.01. The van der Waals surface area contributed by atoms with E-state index in [-0.39, 0.29) is 19.3 Å². The summed E-state index contributed by atoms with van der Waals surface area (Å²) in [5.74, 6) is -1.71. The average Bonchev–Trinajstić information content (AvgIpc) is 2.59. The van der Waals surface area contributed by atoms with E-state index in [1.54, 1.807) is 27.7 Å². The van der Waals surface area contributed by atoms with Crippen LogP contribution in [0.2, 0.25) is 0 Å². The molecule has 0 bridgehead atoms. The third kappa shape index (κ3) is 3.62. The zero-order valence-corrected chi connectivity index (χ0v) is 11.7. The van der Waals surface area contributed by atoms with Crippen molar-refractivity contribution in [1.82, 2.24) is 5.06 Å². The molecule has 1 aliphatic rings. The van der Waals surface area contributed by atoms with Crippen molar-refractivity contribution >= 4 is 24.1 Å². The van der Waals surface area contributed by atoms with E-state index in [0.717, 1.165) is 6.29 Å². The summed E-state index contributed by atoms with van der Waals surface area (Å²) in [6.07, 6.45) is 1.16. The Hall–Kier alpha value is -1.72. The molecule has 19 heavy (non-hydrogen) atoms. The fourth-order valence-electron chi connectivity index (χ4n) is 2.12. The molecule has 1 saturated heterocycles. The van der Waals surface area contributed by atoms with Gasteiger partial charge in [0.15, 0.2) is 0 Å². The Labute approximate surface area is 112 Å². The van der Waals surface area contributed by atoms with Gasteiger partial charge >= 0.3 is 5.97 Å². The first kappa shape index (κ1) is 15.3. The minimum Gasteiger partial charge on any atom is -0.330 e. The van der Waals surface area contributed by atoms with Gasteiger partial charge in [0.2, 0.25) is 0 Å². The summed E-state index contributed by atoms with van der Waals surface area (Å²) >= 11 is 0. The Kier molecular flexibility index (Phi) is 4.12. The monoisotopic (exact) mass is 269 g/mol. The second-order valence-electron chi connectivity index (χ2n) is 6.13. The normalized spacial score (nSPS) is 16.7.